The topological polar surface area (TPSA) is 67.2 Å². The SMILES string of the molecule is CCCCN(C(=O)c1cccc(Cl)c1)c1nc2n(c1C(=O)Nc1ccc(C(C)(C)C)cc1)CCCC2. The molecule has 0 saturated carbocycles. The minimum atomic E-state index is -0.255. The standard InChI is InChI=1S/C29H35ClN4O2/c1-5-6-17-34(28(36)20-10-9-11-22(30)19-20)26-25(33-18-8-7-12-24(33)32-26)27(35)31-23-15-13-21(14-16-23)29(2,3)4/h9-11,13-16,19H,5-8,12,17-18H2,1-4H3,(H,31,35). The number of rotatable bonds is 7. The van der Waals surface area contributed by atoms with Crippen LogP contribution in [0.15, 0.2) is 48.5 Å². The molecule has 0 bridgehead atoms. The summed E-state index contributed by atoms with van der Waals surface area (Å²) in [5.41, 5.74) is 2.86. The molecular weight excluding hydrogens is 472 g/mol. The fraction of sp³-hybridized carbons (Fsp3) is 0.414. The molecule has 0 spiro atoms. The summed E-state index contributed by atoms with van der Waals surface area (Å²) in [6, 6.07) is 14.9. The van der Waals surface area contributed by atoms with Gasteiger partial charge >= 0.3 is 0 Å². The second-order valence-corrected chi connectivity index (χ2v) is 10.8. The van der Waals surface area contributed by atoms with Crippen LogP contribution in [-0.4, -0.2) is 27.9 Å². The number of hydrogen-bond donors (Lipinski definition) is 1. The number of imidazole rings is 1. The van der Waals surface area contributed by atoms with Crippen molar-refractivity contribution in [2.24, 2.45) is 0 Å². The number of aryl methyl sites for hydroxylation is 1. The van der Waals surface area contributed by atoms with Crippen molar-refractivity contribution in [3.8, 4) is 0 Å². The van der Waals surface area contributed by atoms with Crippen LogP contribution in [0.25, 0.3) is 0 Å². The van der Waals surface area contributed by atoms with Crippen LogP contribution in [0.5, 0.6) is 0 Å². The van der Waals surface area contributed by atoms with Crippen LogP contribution in [0.1, 0.15) is 85.6 Å². The monoisotopic (exact) mass is 506 g/mol. The summed E-state index contributed by atoms with van der Waals surface area (Å²) in [7, 11) is 0. The van der Waals surface area contributed by atoms with Gasteiger partial charge in [-0.3, -0.25) is 14.5 Å². The van der Waals surface area contributed by atoms with Gasteiger partial charge in [0.05, 0.1) is 0 Å². The molecule has 2 amide bonds. The first-order valence-corrected chi connectivity index (χ1v) is 13.2. The lowest BCUT2D eigenvalue weighted by molar-refractivity contribution is 0.0985. The third-order valence-electron chi connectivity index (χ3n) is 6.59. The molecule has 1 aliphatic heterocycles. The summed E-state index contributed by atoms with van der Waals surface area (Å²) in [5.74, 6) is 0.818. The van der Waals surface area contributed by atoms with E-state index in [4.69, 9.17) is 16.6 Å². The average molecular weight is 507 g/mol. The molecule has 2 heterocycles. The Balaban J connectivity index is 1.72. The molecule has 0 saturated heterocycles. The molecule has 36 heavy (non-hydrogen) atoms. The Kier molecular flexibility index (Phi) is 7.84. The molecule has 4 rings (SSSR count). The number of aromatic nitrogens is 2. The first-order chi connectivity index (χ1) is 17.2. The van der Waals surface area contributed by atoms with Crippen LogP contribution in [0.2, 0.25) is 5.02 Å². The number of halogens is 1. The molecule has 1 N–H and O–H groups in total. The zero-order valence-electron chi connectivity index (χ0n) is 21.6. The number of hydrogen-bond acceptors (Lipinski definition) is 3. The lowest BCUT2D eigenvalue weighted by Gasteiger charge is -2.23. The molecule has 3 aromatic rings. The van der Waals surface area contributed by atoms with Gasteiger partial charge in [0, 0.05) is 35.8 Å². The quantitative estimate of drug-likeness (QED) is 0.380. The predicted molar refractivity (Wildman–Crippen MR) is 146 cm³/mol. The van der Waals surface area contributed by atoms with Crippen molar-refractivity contribution in [1.82, 2.24) is 9.55 Å². The summed E-state index contributed by atoms with van der Waals surface area (Å²) >= 11 is 6.18. The molecular formula is C29H35ClN4O2. The van der Waals surface area contributed by atoms with Crippen molar-refractivity contribution < 1.29 is 9.59 Å². The van der Waals surface area contributed by atoms with E-state index in [1.165, 1.54) is 5.56 Å². The number of carbonyl (C=O) groups is 2. The Labute approximate surface area is 218 Å². The Morgan fingerprint density at radius 1 is 1.11 bits per heavy atom. The van der Waals surface area contributed by atoms with Crippen molar-refractivity contribution >= 4 is 34.9 Å². The van der Waals surface area contributed by atoms with Crippen LogP contribution >= 0.6 is 11.6 Å². The number of amides is 2. The normalized spacial score (nSPS) is 13.2. The molecule has 0 aliphatic carbocycles. The molecule has 190 valence electrons. The molecule has 1 aliphatic rings. The lowest BCUT2D eigenvalue weighted by atomic mass is 9.87. The number of anilines is 2. The van der Waals surface area contributed by atoms with Crippen molar-refractivity contribution in [1.29, 1.82) is 0 Å². The zero-order valence-corrected chi connectivity index (χ0v) is 22.4. The van der Waals surface area contributed by atoms with Gasteiger partial charge in [-0.15, -0.1) is 0 Å². The Bertz CT molecular complexity index is 1240. The molecule has 0 radical (unpaired) electrons. The highest BCUT2D eigenvalue weighted by Crippen LogP contribution is 2.30. The van der Waals surface area contributed by atoms with Gasteiger partial charge in [0.2, 0.25) is 0 Å². The number of unbranched alkanes of at least 4 members (excludes halogenated alkanes) is 1. The van der Waals surface area contributed by atoms with E-state index in [2.05, 4.69) is 33.0 Å². The summed E-state index contributed by atoms with van der Waals surface area (Å²) < 4.78 is 1.99. The molecule has 6 nitrogen and oxygen atoms in total. The van der Waals surface area contributed by atoms with Crippen molar-refractivity contribution in [2.75, 3.05) is 16.8 Å². The highest BCUT2D eigenvalue weighted by molar-refractivity contribution is 6.31. The van der Waals surface area contributed by atoms with Crippen LogP contribution in [0, 0.1) is 0 Å². The molecule has 0 atom stereocenters. The first-order valence-electron chi connectivity index (χ1n) is 12.8. The highest BCUT2D eigenvalue weighted by atomic mass is 35.5. The van der Waals surface area contributed by atoms with E-state index >= 15 is 0 Å². The maximum Gasteiger partial charge on any atom is 0.276 e. The van der Waals surface area contributed by atoms with E-state index in [1.807, 2.05) is 28.8 Å². The number of fused-ring (bicyclic) bond motifs is 1. The lowest BCUT2D eigenvalue weighted by Crippen LogP contribution is -2.34. The Morgan fingerprint density at radius 2 is 1.86 bits per heavy atom. The van der Waals surface area contributed by atoms with E-state index in [9.17, 15) is 9.59 Å². The van der Waals surface area contributed by atoms with Crippen molar-refractivity contribution in [2.45, 2.75) is 71.8 Å². The third kappa shape index (κ3) is 5.65. The summed E-state index contributed by atoms with van der Waals surface area (Å²) in [5, 5.41) is 3.55. The molecule has 0 fully saturated rings. The van der Waals surface area contributed by atoms with Crippen LogP contribution in [-0.2, 0) is 18.4 Å². The van der Waals surface area contributed by atoms with Crippen molar-refractivity contribution in [3.63, 3.8) is 0 Å². The maximum atomic E-state index is 13.7. The second-order valence-electron chi connectivity index (χ2n) is 10.4. The van der Waals surface area contributed by atoms with Gasteiger partial charge in [0.15, 0.2) is 11.5 Å². The smallest absolute Gasteiger partial charge is 0.276 e. The second kappa shape index (κ2) is 10.9. The van der Waals surface area contributed by atoms with Gasteiger partial charge in [-0.25, -0.2) is 4.98 Å². The third-order valence-corrected chi connectivity index (χ3v) is 6.83. The Morgan fingerprint density at radius 3 is 2.53 bits per heavy atom. The maximum absolute atomic E-state index is 13.7. The van der Waals surface area contributed by atoms with Crippen molar-refractivity contribution in [3.05, 3.63) is 76.2 Å². The van der Waals surface area contributed by atoms with E-state index in [0.717, 1.165) is 37.9 Å². The molecule has 7 heteroatoms. The largest absolute Gasteiger partial charge is 0.322 e. The van der Waals surface area contributed by atoms with Gasteiger partial charge in [0.1, 0.15) is 5.82 Å². The predicted octanol–water partition coefficient (Wildman–Crippen LogP) is 6.87. The summed E-state index contributed by atoms with van der Waals surface area (Å²) in [6.07, 6.45) is 4.48. The average Bonchev–Trinajstić information content (AvgIpc) is 3.23. The van der Waals surface area contributed by atoms with Gasteiger partial charge in [-0.2, -0.15) is 0 Å². The van der Waals surface area contributed by atoms with Crippen LogP contribution in [0.3, 0.4) is 0 Å². The van der Waals surface area contributed by atoms with Gasteiger partial charge in [-0.1, -0.05) is 63.9 Å². The fourth-order valence-corrected chi connectivity index (χ4v) is 4.71. The number of nitrogens with zero attached hydrogens (tertiary/aromatic N) is 3. The fourth-order valence-electron chi connectivity index (χ4n) is 4.52. The van der Waals surface area contributed by atoms with E-state index < -0.39 is 0 Å². The van der Waals surface area contributed by atoms with E-state index in [1.54, 1.807) is 29.2 Å². The summed E-state index contributed by atoms with van der Waals surface area (Å²) in [6.45, 7) is 9.74. The van der Waals surface area contributed by atoms with E-state index in [0.29, 0.717) is 40.9 Å². The van der Waals surface area contributed by atoms with E-state index in [-0.39, 0.29) is 17.2 Å². The Hall–Kier alpha value is -3.12. The van der Waals surface area contributed by atoms with Gasteiger partial charge < -0.3 is 9.88 Å². The minimum Gasteiger partial charge on any atom is -0.322 e. The number of benzene rings is 2. The van der Waals surface area contributed by atoms with Gasteiger partial charge in [-0.05, 0) is 60.6 Å². The minimum absolute atomic E-state index is 0.0285. The van der Waals surface area contributed by atoms with Crippen LogP contribution < -0.4 is 10.2 Å². The zero-order chi connectivity index (χ0) is 25.9. The summed E-state index contributed by atoms with van der Waals surface area (Å²) in [4.78, 5) is 33.9. The number of nitrogens with one attached hydrogen (secondary N) is 1. The van der Waals surface area contributed by atoms with Crippen LogP contribution in [0.4, 0.5) is 11.5 Å². The molecule has 0 unspecified atom stereocenters. The molecule has 1 aromatic heterocycles. The number of carbonyl (C=O) groups excluding carboxylic acids is 2. The first kappa shape index (κ1) is 26.0. The molecule has 2 aromatic carbocycles. The van der Waals surface area contributed by atoms with Gasteiger partial charge in [0.25, 0.3) is 11.8 Å². The highest BCUT2D eigenvalue weighted by Gasteiger charge is 2.31.